The minimum Gasteiger partial charge on any atom is -0.339 e. The summed E-state index contributed by atoms with van der Waals surface area (Å²) in [6.45, 7) is 5.29. The molecule has 4 nitrogen and oxygen atoms in total. The van der Waals surface area contributed by atoms with Crippen molar-refractivity contribution in [3.05, 3.63) is 11.7 Å². The fraction of sp³-hybridized carbons (Fsp3) is 0.800. The number of nitrogens with zero attached hydrogens (tertiary/aromatic N) is 2. The Hall–Kier alpha value is -0.900. The maximum Gasteiger partial charge on any atom is 0.231 e. The molecule has 3 aliphatic rings. The Labute approximate surface area is 83.1 Å². The van der Waals surface area contributed by atoms with Crippen LogP contribution in [0.1, 0.15) is 43.8 Å². The van der Waals surface area contributed by atoms with Crippen LogP contribution in [0.2, 0.25) is 0 Å². The van der Waals surface area contributed by atoms with Gasteiger partial charge in [-0.05, 0) is 18.9 Å². The van der Waals surface area contributed by atoms with Crippen molar-refractivity contribution in [3.63, 3.8) is 0 Å². The molecule has 0 aromatic carbocycles. The third-order valence-electron chi connectivity index (χ3n) is 3.40. The molecule has 3 unspecified atom stereocenters. The molecule has 0 amide bonds. The average Bonchev–Trinajstić information content (AvgIpc) is 2.76. The third-order valence-corrected chi connectivity index (χ3v) is 3.40. The summed E-state index contributed by atoms with van der Waals surface area (Å²) in [5.41, 5.74) is 0. The van der Waals surface area contributed by atoms with Crippen molar-refractivity contribution in [3.8, 4) is 0 Å². The van der Waals surface area contributed by atoms with Crippen molar-refractivity contribution in [2.75, 3.05) is 6.54 Å². The first-order valence-electron chi connectivity index (χ1n) is 5.32. The molecule has 2 bridgehead atoms. The second-order valence-corrected chi connectivity index (χ2v) is 4.68. The van der Waals surface area contributed by atoms with Crippen LogP contribution in [0.25, 0.3) is 0 Å². The maximum absolute atomic E-state index is 5.31. The summed E-state index contributed by atoms with van der Waals surface area (Å²) in [6.07, 6.45) is 1.28. The zero-order valence-electron chi connectivity index (χ0n) is 8.53. The van der Waals surface area contributed by atoms with Gasteiger partial charge in [-0.3, -0.25) is 0 Å². The lowest BCUT2D eigenvalue weighted by molar-refractivity contribution is 0.231. The van der Waals surface area contributed by atoms with Gasteiger partial charge in [-0.25, -0.2) is 0 Å². The molecule has 4 rings (SSSR count). The maximum atomic E-state index is 5.31. The van der Waals surface area contributed by atoms with E-state index in [0.717, 1.165) is 24.2 Å². The van der Waals surface area contributed by atoms with E-state index in [-0.39, 0.29) is 0 Å². The summed E-state index contributed by atoms with van der Waals surface area (Å²) >= 11 is 0. The number of fused-ring (bicyclic) bond motifs is 1. The van der Waals surface area contributed by atoms with Crippen LogP contribution in [0.15, 0.2) is 4.52 Å². The molecule has 0 spiro atoms. The Morgan fingerprint density at radius 3 is 2.86 bits per heavy atom. The lowest BCUT2D eigenvalue weighted by Gasteiger charge is -2.30. The van der Waals surface area contributed by atoms with Crippen molar-refractivity contribution in [1.82, 2.24) is 15.5 Å². The van der Waals surface area contributed by atoms with Gasteiger partial charge >= 0.3 is 0 Å². The summed E-state index contributed by atoms with van der Waals surface area (Å²) in [5.74, 6) is 3.28. The second kappa shape index (κ2) is 2.79. The molecule has 1 aromatic rings. The highest BCUT2D eigenvalue weighted by Crippen LogP contribution is 2.46. The van der Waals surface area contributed by atoms with Gasteiger partial charge in [0.2, 0.25) is 5.89 Å². The molecule has 0 radical (unpaired) electrons. The van der Waals surface area contributed by atoms with E-state index in [0.29, 0.717) is 17.9 Å². The third kappa shape index (κ3) is 1.03. The SMILES string of the molecule is CC(C)c1noc(C2C3CNC2C3)n1. The lowest BCUT2D eigenvalue weighted by Crippen LogP contribution is -2.34. The number of nitrogens with one attached hydrogen (secondary N) is 1. The Bertz CT molecular complexity index is 333. The molecule has 76 valence electrons. The van der Waals surface area contributed by atoms with Crippen LogP contribution in [0.3, 0.4) is 0 Å². The lowest BCUT2D eigenvalue weighted by atomic mass is 9.74. The van der Waals surface area contributed by atoms with Crippen LogP contribution < -0.4 is 5.32 Å². The van der Waals surface area contributed by atoms with Crippen LogP contribution in [0.4, 0.5) is 0 Å². The minimum atomic E-state index is 0.359. The van der Waals surface area contributed by atoms with Gasteiger partial charge in [0.15, 0.2) is 5.82 Å². The van der Waals surface area contributed by atoms with Gasteiger partial charge in [-0.1, -0.05) is 19.0 Å². The molecular formula is C10H15N3O. The predicted octanol–water partition coefficient (Wildman–Crippen LogP) is 1.27. The van der Waals surface area contributed by atoms with E-state index < -0.39 is 0 Å². The zero-order valence-corrected chi connectivity index (χ0v) is 8.53. The summed E-state index contributed by atoms with van der Waals surface area (Å²) < 4.78 is 5.31. The van der Waals surface area contributed by atoms with Gasteiger partial charge in [0.05, 0.1) is 5.92 Å². The van der Waals surface area contributed by atoms with Crippen LogP contribution >= 0.6 is 0 Å². The molecule has 1 saturated carbocycles. The van der Waals surface area contributed by atoms with E-state index in [1.807, 2.05) is 0 Å². The average molecular weight is 193 g/mol. The number of hydrogen-bond acceptors (Lipinski definition) is 4. The van der Waals surface area contributed by atoms with Crippen LogP contribution in [0, 0.1) is 5.92 Å². The molecule has 2 saturated heterocycles. The van der Waals surface area contributed by atoms with E-state index >= 15 is 0 Å². The zero-order chi connectivity index (χ0) is 9.71. The number of aromatic nitrogens is 2. The van der Waals surface area contributed by atoms with E-state index in [1.54, 1.807) is 0 Å². The van der Waals surface area contributed by atoms with Gasteiger partial charge in [0.25, 0.3) is 0 Å². The monoisotopic (exact) mass is 193 g/mol. The Balaban J connectivity index is 1.84. The van der Waals surface area contributed by atoms with Crippen LogP contribution in [0.5, 0.6) is 0 Å². The molecular weight excluding hydrogens is 178 g/mol. The highest BCUT2D eigenvalue weighted by Gasteiger charge is 2.50. The van der Waals surface area contributed by atoms with E-state index in [1.165, 1.54) is 6.42 Å². The highest BCUT2D eigenvalue weighted by molar-refractivity contribution is 5.15. The quantitative estimate of drug-likeness (QED) is 0.768. The first-order valence-corrected chi connectivity index (χ1v) is 5.32. The second-order valence-electron chi connectivity index (χ2n) is 4.68. The number of rotatable bonds is 2. The molecule has 3 atom stereocenters. The predicted molar refractivity (Wildman–Crippen MR) is 51.0 cm³/mol. The first kappa shape index (κ1) is 8.41. The van der Waals surface area contributed by atoms with E-state index in [9.17, 15) is 0 Å². The smallest absolute Gasteiger partial charge is 0.231 e. The highest BCUT2D eigenvalue weighted by atomic mass is 16.5. The van der Waals surface area contributed by atoms with Crippen LogP contribution in [-0.4, -0.2) is 22.7 Å². The largest absolute Gasteiger partial charge is 0.339 e. The normalized spacial score (nSPS) is 34.9. The molecule has 2 aliphatic heterocycles. The standard InChI is InChI=1S/C10H15N3O/c1-5(2)9-12-10(14-13-9)8-6-3-7(8)11-4-6/h5-8,11H,3-4H2,1-2H3. The number of hydrogen-bond donors (Lipinski definition) is 1. The van der Waals surface area contributed by atoms with Crippen molar-refractivity contribution < 1.29 is 4.52 Å². The molecule has 3 heterocycles. The van der Waals surface area contributed by atoms with Crippen molar-refractivity contribution in [2.45, 2.75) is 38.1 Å². The van der Waals surface area contributed by atoms with Gasteiger partial charge in [0.1, 0.15) is 0 Å². The topological polar surface area (TPSA) is 51.0 Å². The Morgan fingerprint density at radius 1 is 1.50 bits per heavy atom. The van der Waals surface area contributed by atoms with Crippen molar-refractivity contribution >= 4 is 0 Å². The fourth-order valence-corrected chi connectivity index (χ4v) is 2.47. The minimum absolute atomic E-state index is 0.359. The molecule has 1 aromatic heterocycles. The van der Waals surface area contributed by atoms with Gasteiger partial charge in [0, 0.05) is 12.0 Å². The van der Waals surface area contributed by atoms with E-state index in [4.69, 9.17) is 4.52 Å². The van der Waals surface area contributed by atoms with E-state index in [2.05, 4.69) is 29.3 Å². The van der Waals surface area contributed by atoms with Gasteiger partial charge in [-0.2, -0.15) is 4.98 Å². The summed E-state index contributed by atoms with van der Waals surface area (Å²) in [5, 5.41) is 7.45. The summed E-state index contributed by atoms with van der Waals surface area (Å²) in [7, 11) is 0. The molecule has 3 fully saturated rings. The Morgan fingerprint density at radius 2 is 2.36 bits per heavy atom. The van der Waals surface area contributed by atoms with Crippen LogP contribution in [-0.2, 0) is 0 Å². The first-order chi connectivity index (χ1) is 6.75. The summed E-state index contributed by atoms with van der Waals surface area (Å²) in [6, 6.07) is 0.598. The summed E-state index contributed by atoms with van der Waals surface area (Å²) in [4.78, 5) is 4.45. The van der Waals surface area contributed by atoms with Crippen molar-refractivity contribution in [2.24, 2.45) is 5.92 Å². The Kier molecular flexibility index (Phi) is 1.68. The van der Waals surface area contributed by atoms with Gasteiger partial charge in [-0.15, -0.1) is 0 Å². The fourth-order valence-electron chi connectivity index (χ4n) is 2.47. The molecule has 1 aliphatic carbocycles. The molecule has 1 N–H and O–H groups in total. The molecule has 14 heavy (non-hydrogen) atoms. The van der Waals surface area contributed by atoms with Gasteiger partial charge < -0.3 is 9.84 Å². The van der Waals surface area contributed by atoms with Crippen molar-refractivity contribution in [1.29, 1.82) is 0 Å². The molecule has 4 heteroatoms.